The molecule has 1 aromatic carbocycles. The lowest BCUT2D eigenvalue weighted by atomic mass is 9.85. The standard InChI is InChI=1S/C16H19N3/c1-12(2)15(19-11-18-5)13-6-8-14(9-7-13)16(3,4)10-17/h6-9,11H,1H2,2-5H3. The van der Waals surface area contributed by atoms with Crippen molar-refractivity contribution in [3.63, 3.8) is 0 Å². The molecule has 0 bridgehead atoms. The maximum Gasteiger partial charge on any atom is 0.110 e. The molecule has 0 aliphatic heterocycles. The van der Waals surface area contributed by atoms with E-state index in [2.05, 4.69) is 22.6 Å². The van der Waals surface area contributed by atoms with Gasteiger partial charge in [-0.25, -0.2) is 4.99 Å². The smallest absolute Gasteiger partial charge is 0.110 e. The molecule has 98 valence electrons. The van der Waals surface area contributed by atoms with Crippen molar-refractivity contribution in [1.82, 2.24) is 0 Å². The normalized spacial score (nSPS) is 12.5. The predicted molar refractivity (Wildman–Crippen MR) is 80.8 cm³/mol. The third kappa shape index (κ3) is 3.62. The van der Waals surface area contributed by atoms with Crippen LogP contribution in [0.25, 0.3) is 0 Å². The molecule has 0 fully saturated rings. The van der Waals surface area contributed by atoms with Gasteiger partial charge in [0.25, 0.3) is 0 Å². The molecule has 1 aromatic rings. The minimum absolute atomic E-state index is 0.482. The van der Waals surface area contributed by atoms with Crippen molar-refractivity contribution in [2.75, 3.05) is 7.05 Å². The summed E-state index contributed by atoms with van der Waals surface area (Å²) < 4.78 is 0. The van der Waals surface area contributed by atoms with Crippen LogP contribution >= 0.6 is 0 Å². The lowest BCUT2D eigenvalue weighted by Gasteiger charge is -2.16. The van der Waals surface area contributed by atoms with Gasteiger partial charge in [-0.2, -0.15) is 5.26 Å². The van der Waals surface area contributed by atoms with Crippen LogP contribution < -0.4 is 0 Å². The van der Waals surface area contributed by atoms with Crippen molar-refractivity contribution in [1.29, 1.82) is 5.26 Å². The zero-order valence-electron chi connectivity index (χ0n) is 11.9. The largest absolute Gasteiger partial charge is 0.277 e. The molecule has 3 nitrogen and oxygen atoms in total. The molecule has 0 radical (unpaired) electrons. The highest BCUT2D eigenvalue weighted by Crippen LogP contribution is 2.22. The Balaban J connectivity index is 3.18. The number of nitriles is 1. The number of aliphatic imine (C=N–C) groups is 2. The van der Waals surface area contributed by atoms with Gasteiger partial charge in [0.15, 0.2) is 0 Å². The molecule has 0 atom stereocenters. The zero-order valence-corrected chi connectivity index (χ0v) is 11.9. The van der Waals surface area contributed by atoms with Crippen LogP contribution in [0.15, 0.2) is 46.4 Å². The van der Waals surface area contributed by atoms with Crippen LogP contribution in [0, 0.1) is 11.3 Å². The van der Waals surface area contributed by atoms with Crippen molar-refractivity contribution < 1.29 is 0 Å². The van der Waals surface area contributed by atoms with Gasteiger partial charge in [-0.15, -0.1) is 0 Å². The van der Waals surface area contributed by atoms with Gasteiger partial charge in [-0.3, -0.25) is 4.99 Å². The SMILES string of the molecule is C=C(C)C(=NC=NC)c1ccc(C(C)(C)C#N)cc1. The molecule has 3 heteroatoms. The topological polar surface area (TPSA) is 48.5 Å². The second kappa shape index (κ2) is 6.10. The maximum atomic E-state index is 9.13. The Morgan fingerprint density at radius 3 is 2.32 bits per heavy atom. The minimum Gasteiger partial charge on any atom is -0.277 e. The van der Waals surface area contributed by atoms with Crippen molar-refractivity contribution in [3.8, 4) is 6.07 Å². The van der Waals surface area contributed by atoms with Gasteiger partial charge in [0.2, 0.25) is 0 Å². The Morgan fingerprint density at radius 1 is 1.32 bits per heavy atom. The first-order valence-corrected chi connectivity index (χ1v) is 6.09. The van der Waals surface area contributed by atoms with Crippen LogP contribution in [-0.2, 0) is 5.41 Å². The van der Waals surface area contributed by atoms with Crippen molar-refractivity contribution in [2.45, 2.75) is 26.2 Å². The van der Waals surface area contributed by atoms with E-state index in [0.29, 0.717) is 0 Å². The van der Waals surface area contributed by atoms with E-state index >= 15 is 0 Å². The van der Waals surface area contributed by atoms with Crippen molar-refractivity contribution in [3.05, 3.63) is 47.5 Å². The average Bonchev–Trinajstić information content (AvgIpc) is 2.39. The Morgan fingerprint density at radius 2 is 1.89 bits per heavy atom. The van der Waals surface area contributed by atoms with Gasteiger partial charge in [0.1, 0.15) is 6.34 Å². The molecule has 0 spiro atoms. The molecular weight excluding hydrogens is 234 g/mol. The first kappa shape index (κ1) is 14.8. The van der Waals surface area contributed by atoms with E-state index in [9.17, 15) is 0 Å². The van der Waals surface area contributed by atoms with E-state index < -0.39 is 5.41 Å². The van der Waals surface area contributed by atoms with Crippen molar-refractivity contribution in [2.24, 2.45) is 9.98 Å². The number of hydrogen-bond acceptors (Lipinski definition) is 2. The van der Waals surface area contributed by atoms with E-state index in [4.69, 9.17) is 5.26 Å². The summed E-state index contributed by atoms with van der Waals surface area (Å²) in [6.07, 6.45) is 1.51. The summed E-state index contributed by atoms with van der Waals surface area (Å²) in [6.45, 7) is 9.64. The maximum absolute atomic E-state index is 9.13. The molecule has 0 aromatic heterocycles. The summed E-state index contributed by atoms with van der Waals surface area (Å²) in [4.78, 5) is 8.14. The molecule has 0 heterocycles. The highest BCUT2D eigenvalue weighted by atomic mass is 14.8. The van der Waals surface area contributed by atoms with E-state index in [-0.39, 0.29) is 0 Å². The lowest BCUT2D eigenvalue weighted by molar-refractivity contribution is 0.687. The summed E-state index contributed by atoms with van der Waals surface area (Å²) in [5.74, 6) is 0. The molecule has 0 aliphatic carbocycles. The number of benzene rings is 1. The Hall–Kier alpha value is -2.21. The summed E-state index contributed by atoms with van der Waals surface area (Å²) >= 11 is 0. The summed E-state index contributed by atoms with van der Waals surface area (Å²) in [6, 6.07) is 10.1. The fourth-order valence-corrected chi connectivity index (χ4v) is 1.66. The first-order valence-electron chi connectivity index (χ1n) is 6.09. The summed E-state index contributed by atoms with van der Waals surface area (Å²) in [5, 5.41) is 9.13. The molecule has 0 N–H and O–H groups in total. The predicted octanol–water partition coefficient (Wildman–Crippen LogP) is 3.51. The second-order valence-electron chi connectivity index (χ2n) is 4.95. The average molecular weight is 253 g/mol. The van der Waals surface area contributed by atoms with Crippen LogP contribution in [0.4, 0.5) is 0 Å². The second-order valence-corrected chi connectivity index (χ2v) is 4.95. The molecule has 19 heavy (non-hydrogen) atoms. The zero-order chi connectivity index (χ0) is 14.5. The minimum atomic E-state index is -0.482. The lowest BCUT2D eigenvalue weighted by Crippen LogP contribution is -2.14. The highest BCUT2D eigenvalue weighted by Gasteiger charge is 2.19. The number of rotatable bonds is 4. The molecule has 1 rings (SSSR count). The molecular formula is C16H19N3. The Labute approximate surface area is 115 Å². The molecule has 0 saturated carbocycles. The van der Waals surface area contributed by atoms with Gasteiger partial charge in [-0.05, 0) is 31.9 Å². The summed E-state index contributed by atoms with van der Waals surface area (Å²) in [7, 11) is 1.68. The first-order chi connectivity index (χ1) is 8.92. The third-order valence-electron chi connectivity index (χ3n) is 2.87. The van der Waals surface area contributed by atoms with Gasteiger partial charge in [0, 0.05) is 12.6 Å². The van der Waals surface area contributed by atoms with Gasteiger partial charge < -0.3 is 0 Å². The third-order valence-corrected chi connectivity index (χ3v) is 2.87. The molecule has 0 amide bonds. The van der Waals surface area contributed by atoms with Crippen LogP contribution in [0.1, 0.15) is 31.9 Å². The van der Waals surface area contributed by atoms with E-state index in [0.717, 1.165) is 22.4 Å². The van der Waals surface area contributed by atoms with Gasteiger partial charge >= 0.3 is 0 Å². The van der Waals surface area contributed by atoms with Gasteiger partial charge in [0.05, 0.1) is 17.2 Å². The van der Waals surface area contributed by atoms with Crippen LogP contribution in [0.5, 0.6) is 0 Å². The van der Waals surface area contributed by atoms with Crippen LogP contribution in [0.3, 0.4) is 0 Å². The Bertz CT molecular complexity index is 555. The van der Waals surface area contributed by atoms with Crippen molar-refractivity contribution >= 4 is 12.1 Å². The monoisotopic (exact) mass is 253 g/mol. The fraction of sp³-hybridized carbons (Fsp3) is 0.312. The number of allylic oxidation sites excluding steroid dienone is 1. The quantitative estimate of drug-likeness (QED) is 0.598. The van der Waals surface area contributed by atoms with E-state index in [1.54, 1.807) is 7.05 Å². The molecule has 0 saturated heterocycles. The van der Waals surface area contributed by atoms with Crippen LogP contribution in [0.2, 0.25) is 0 Å². The number of hydrogen-bond donors (Lipinski definition) is 0. The van der Waals surface area contributed by atoms with E-state index in [1.165, 1.54) is 6.34 Å². The summed E-state index contributed by atoms with van der Waals surface area (Å²) in [5.41, 5.74) is 3.18. The molecule has 0 unspecified atom stereocenters. The highest BCUT2D eigenvalue weighted by molar-refractivity contribution is 6.14. The Kier molecular flexibility index (Phi) is 4.77. The fourth-order valence-electron chi connectivity index (χ4n) is 1.66. The number of nitrogens with zero attached hydrogens (tertiary/aromatic N) is 3. The van der Waals surface area contributed by atoms with E-state index in [1.807, 2.05) is 45.0 Å². The molecule has 0 aliphatic rings. The van der Waals surface area contributed by atoms with Gasteiger partial charge in [-0.1, -0.05) is 30.8 Å². The van der Waals surface area contributed by atoms with Crippen LogP contribution in [-0.4, -0.2) is 19.1 Å².